The van der Waals surface area contributed by atoms with Crippen molar-refractivity contribution in [2.75, 3.05) is 13.2 Å². The summed E-state index contributed by atoms with van der Waals surface area (Å²) in [6.07, 6.45) is 5.92. The molecule has 2 aromatic heterocycles. The molecular weight excluding hydrogens is 376 g/mol. The Labute approximate surface area is 171 Å². The number of Topliss-reactive ketones (excluding diaryl/α,β-unsaturated/α-hetero) is 1. The Hall–Kier alpha value is -1.69. The van der Waals surface area contributed by atoms with Gasteiger partial charge in [-0.25, -0.2) is 0 Å². The van der Waals surface area contributed by atoms with Crippen molar-refractivity contribution in [3.8, 4) is 0 Å². The lowest BCUT2D eigenvalue weighted by Gasteiger charge is -2.35. The van der Waals surface area contributed by atoms with E-state index < -0.39 is 5.60 Å². The largest absolute Gasteiger partial charge is 0.389 e. The summed E-state index contributed by atoms with van der Waals surface area (Å²) in [5, 5.41) is 19.8. The number of pyridine rings is 1. The minimum atomic E-state index is -0.957. The van der Waals surface area contributed by atoms with E-state index in [0.29, 0.717) is 54.5 Å². The molecule has 2 aromatic rings. The molecule has 1 unspecified atom stereocenters. The number of carbonyl (C=O) groups excluding carboxylic acids is 1. The van der Waals surface area contributed by atoms with Gasteiger partial charge in [0.05, 0.1) is 34.0 Å². The second kappa shape index (κ2) is 8.76. The predicted molar refractivity (Wildman–Crippen MR) is 112 cm³/mol. The molecule has 28 heavy (non-hydrogen) atoms. The molecule has 0 aromatic carbocycles. The van der Waals surface area contributed by atoms with E-state index in [0.717, 1.165) is 18.5 Å². The summed E-state index contributed by atoms with van der Waals surface area (Å²) in [6.45, 7) is 5.25. The van der Waals surface area contributed by atoms with E-state index in [9.17, 15) is 9.90 Å². The van der Waals surface area contributed by atoms with E-state index in [1.165, 1.54) is 0 Å². The van der Waals surface area contributed by atoms with Gasteiger partial charge in [0, 0.05) is 31.3 Å². The average Bonchev–Trinajstić information content (AvgIpc) is 3.01. The van der Waals surface area contributed by atoms with Crippen LogP contribution in [0.2, 0.25) is 5.02 Å². The first-order valence-corrected chi connectivity index (χ1v) is 10.4. The van der Waals surface area contributed by atoms with Gasteiger partial charge in [-0.15, -0.1) is 0 Å². The molecule has 0 radical (unpaired) electrons. The van der Waals surface area contributed by atoms with Crippen LogP contribution < -0.4 is 0 Å². The van der Waals surface area contributed by atoms with Crippen molar-refractivity contribution in [3.63, 3.8) is 0 Å². The van der Waals surface area contributed by atoms with Crippen molar-refractivity contribution in [3.05, 3.63) is 40.7 Å². The monoisotopic (exact) mass is 404 g/mol. The van der Waals surface area contributed by atoms with Crippen LogP contribution in [0.5, 0.6) is 0 Å². The number of halogens is 1. The number of ether oxygens (including phenoxy) is 1. The number of nitrogens with zero attached hydrogens (tertiary/aromatic N) is 1. The summed E-state index contributed by atoms with van der Waals surface area (Å²) in [4.78, 5) is 13.1. The first-order valence-electron chi connectivity index (χ1n) is 10.1. The molecule has 2 N–H and O–H groups in total. The molecule has 0 aliphatic heterocycles. The fourth-order valence-corrected chi connectivity index (χ4v) is 4.60. The average molecular weight is 405 g/mol. The van der Waals surface area contributed by atoms with E-state index in [4.69, 9.17) is 21.7 Å². The van der Waals surface area contributed by atoms with Gasteiger partial charge in [-0.3, -0.25) is 4.79 Å². The Morgan fingerprint density at radius 2 is 2.29 bits per heavy atom. The number of hydrogen-bond acceptors (Lipinski definition) is 4. The van der Waals surface area contributed by atoms with Gasteiger partial charge in [0.15, 0.2) is 0 Å². The SMILES string of the molecule is CCOCCc1cc(C(=O)C(=N)CC2(O)CCC[C@@H](C)C2)c2c(Cl)cccn12. The highest BCUT2D eigenvalue weighted by atomic mass is 35.5. The first kappa shape index (κ1) is 21.0. The summed E-state index contributed by atoms with van der Waals surface area (Å²) in [6, 6.07) is 5.40. The number of rotatable bonds is 8. The fraction of sp³-hybridized carbons (Fsp3) is 0.545. The van der Waals surface area contributed by atoms with Crippen molar-refractivity contribution in [2.24, 2.45) is 5.92 Å². The lowest BCUT2D eigenvalue weighted by atomic mass is 9.75. The maximum Gasteiger partial charge on any atom is 0.208 e. The molecule has 1 aliphatic rings. The normalized spacial score (nSPS) is 22.5. The molecule has 1 fully saturated rings. The molecule has 2 heterocycles. The Balaban J connectivity index is 1.87. The highest BCUT2D eigenvalue weighted by molar-refractivity contribution is 6.47. The van der Waals surface area contributed by atoms with Crippen LogP contribution in [-0.4, -0.2) is 39.8 Å². The van der Waals surface area contributed by atoms with E-state index in [1.54, 1.807) is 6.07 Å². The summed E-state index contributed by atoms with van der Waals surface area (Å²) in [5.74, 6) is 0.0523. The standard InChI is InChI=1S/C22H29ClN2O3/c1-3-28-11-8-16-12-17(20-18(23)7-5-10-25(16)20)21(26)19(24)14-22(27)9-4-6-15(2)13-22/h5,7,10,12,15,24,27H,3-4,6,8-9,11,13-14H2,1-2H3/t15-,22?/m1/s1. The smallest absolute Gasteiger partial charge is 0.208 e. The van der Waals surface area contributed by atoms with Gasteiger partial charge < -0.3 is 19.7 Å². The number of aromatic nitrogens is 1. The molecule has 2 atom stereocenters. The van der Waals surface area contributed by atoms with E-state index >= 15 is 0 Å². The zero-order valence-electron chi connectivity index (χ0n) is 16.6. The summed E-state index contributed by atoms with van der Waals surface area (Å²) < 4.78 is 7.35. The van der Waals surface area contributed by atoms with Crippen LogP contribution in [0.15, 0.2) is 24.4 Å². The first-order chi connectivity index (χ1) is 13.3. The number of fused-ring (bicyclic) bond motifs is 1. The Kier molecular flexibility index (Phi) is 6.58. The third kappa shape index (κ3) is 4.48. The van der Waals surface area contributed by atoms with Gasteiger partial charge in [-0.05, 0) is 43.9 Å². The lowest BCUT2D eigenvalue weighted by molar-refractivity contribution is -0.00650. The molecule has 0 bridgehead atoms. The van der Waals surface area contributed by atoms with Gasteiger partial charge in [-0.1, -0.05) is 31.4 Å². The third-order valence-electron chi connectivity index (χ3n) is 5.62. The second-order valence-corrected chi connectivity index (χ2v) is 8.39. The quantitative estimate of drug-likeness (QED) is 0.380. The molecular formula is C22H29ClN2O3. The molecule has 1 aliphatic carbocycles. The van der Waals surface area contributed by atoms with E-state index in [2.05, 4.69) is 6.92 Å². The number of aliphatic hydroxyl groups is 1. The summed E-state index contributed by atoms with van der Waals surface area (Å²) >= 11 is 6.40. The Morgan fingerprint density at radius 1 is 1.50 bits per heavy atom. The molecule has 0 saturated heterocycles. The van der Waals surface area contributed by atoms with E-state index in [-0.39, 0.29) is 17.9 Å². The molecule has 6 heteroatoms. The van der Waals surface area contributed by atoms with Gasteiger partial charge in [0.2, 0.25) is 5.78 Å². The van der Waals surface area contributed by atoms with Crippen LogP contribution in [0.1, 0.15) is 62.0 Å². The molecule has 3 rings (SSSR count). The highest BCUT2D eigenvalue weighted by Crippen LogP contribution is 2.35. The molecule has 0 spiro atoms. The minimum Gasteiger partial charge on any atom is -0.389 e. The maximum absolute atomic E-state index is 13.1. The third-order valence-corrected chi connectivity index (χ3v) is 5.92. The van der Waals surface area contributed by atoms with Crippen LogP contribution in [0, 0.1) is 11.3 Å². The van der Waals surface area contributed by atoms with Gasteiger partial charge in [0.1, 0.15) is 0 Å². The Morgan fingerprint density at radius 3 is 3.00 bits per heavy atom. The van der Waals surface area contributed by atoms with Crippen LogP contribution >= 0.6 is 11.6 Å². The number of hydrogen-bond donors (Lipinski definition) is 2. The van der Waals surface area contributed by atoms with Gasteiger partial charge in [0.25, 0.3) is 0 Å². The van der Waals surface area contributed by atoms with Crippen LogP contribution in [0.3, 0.4) is 0 Å². The van der Waals surface area contributed by atoms with Gasteiger partial charge >= 0.3 is 0 Å². The second-order valence-electron chi connectivity index (χ2n) is 7.98. The highest BCUT2D eigenvalue weighted by Gasteiger charge is 2.35. The topological polar surface area (TPSA) is 74.8 Å². The zero-order chi connectivity index (χ0) is 20.3. The lowest BCUT2D eigenvalue weighted by Crippen LogP contribution is -2.38. The minimum absolute atomic E-state index is 0.0552. The van der Waals surface area contributed by atoms with Crippen molar-refractivity contribution in [1.82, 2.24) is 4.40 Å². The van der Waals surface area contributed by atoms with Crippen LogP contribution in [0.4, 0.5) is 0 Å². The predicted octanol–water partition coefficient (Wildman–Crippen LogP) is 4.71. The van der Waals surface area contributed by atoms with Crippen LogP contribution in [-0.2, 0) is 11.2 Å². The molecule has 1 saturated carbocycles. The van der Waals surface area contributed by atoms with Crippen molar-refractivity contribution >= 4 is 28.6 Å². The summed E-state index contributed by atoms with van der Waals surface area (Å²) in [7, 11) is 0. The van der Waals surface area contributed by atoms with Gasteiger partial charge in [-0.2, -0.15) is 0 Å². The molecule has 5 nitrogen and oxygen atoms in total. The number of nitrogens with one attached hydrogen (secondary N) is 1. The van der Waals surface area contributed by atoms with Crippen molar-refractivity contribution in [2.45, 2.75) is 58.0 Å². The maximum atomic E-state index is 13.1. The van der Waals surface area contributed by atoms with E-state index in [1.807, 2.05) is 29.7 Å². The van der Waals surface area contributed by atoms with Crippen LogP contribution in [0.25, 0.3) is 5.52 Å². The molecule has 152 valence electrons. The van der Waals surface area contributed by atoms with Crippen molar-refractivity contribution in [1.29, 1.82) is 5.41 Å². The number of carbonyl (C=O) groups is 1. The Bertz CT molecular complexity index is 876. The fourth-order valence-electron chi connectivity index (χ4n) is 4.34. The summed E-state index contributed by atoms with van der Waals surface area (Å²) in [5.41, 5.74) is 0.957. The number of ketones is 1. The zero-order valence-corrected chi connectivity index (χ0v) is 17.4. The van der Waals surface area contributed by atoms with Crippen molar-refractivity contribution < 1.29 is 14.6 Å². The molecule has 0 amide bonds.